The molecule has 4 nitrogen and oxygen atoms in total. The number of carbonyl (C=O) groups is 1. The second kappa shape index (κ2) is 9.45. The SMILES string of the molecule is CCCCCNCc1cccc(Oc2ccc(C(N)=O)cc2Br)c1. The van der Waals surface area contributed by atoms with Crippen LogP contribution in [-0.2, 0) is 6.54 Å². The highest BCUT2D eigenvalue weighted by molar-refractivity contribution is 9.10. The molecule has 128 valence electrons. The molecule has 0 unspecified atom stereocenters. The third-order valence-corrected chi connectivity index (χ3v) is 4.25. The number of carbonyl (C=O) groups excluding carboxylic acids is 1. The highest BCUT2D eigenvalue weighted by Gasteiger charge is 2.07. The van der Waals surface area contributed by atoms with Crippen LogP contribution < -0.4 is 15.8 Å². The van der Waals surface area contributed by atoms with Crippen LogP contribution in [0.2, 0.25) is 0 Å². The van der Waals surface area contributed by atoms with Crippen LogP contribution in [-0.4, -0.2) is 12.5 Å². The molecule has 0 saturated carbocycles. The van der Waals surface area contributed by atoms with Gasteiger partial charge in [0.05, 0.1) is 4.47 Å². The highest BCUT2D eigenvalue weighted by atomic mass is 79.9. The number of rotatable bonds is 9. The number of benzene rings is 2. The van der Waals surface area contributed by atoms with Crippen LogP contribution in [0.15, 0.2) is 46.9 Å². The molecule has 0 heterocycles. The van der Waals surface area contributed by atoms with Gasteiger partial charge in [0.1, 0.15) is 11.5 Å². The molecular formula is C19H23BrN2O2. The normalized spacial score (nSPS) is 10.6. The van der Waals surface area contributed by atoms with E-state index in [-0.39, 0.29) is 0 Å². The molecule has 2 aromatic rings. The Morgan fingerprint density at radius 1 is 1.21 bits per heavy atom. The van der Waals surface area contributed by atoms with E-state index in [9.17, 15) is 4.79 Å². The summed E-state index contributed by atoms with van der Waals surface area (Å²) in [5, 5.41) is 3.44. The first kappa shape index (κ1) is 18.5. The second-order valence-electron chi connectivity index (χ2n) is 5.64. The average Bonchev–Trinajstić information content (AvgIpc) is 2.57. The van der Waals surface area contributed by atoms with E-state index in [0.29, 0.717) is 15.8 Å². The molecule has 0 atom stereocenters. The maximum Gasteiger partial charge on any atom is 0.248 e. The van der Waals surface area contributed by atoms with Gasteiger partial charge in [-0.25, -0.2) is 0 Å². The van der Waals surface area contributed by atoms with Crippen LogP contribution in [0, 0.1) is 0 Å². The average molecular weight is 391 g/mol. The third kappa shape index (κ3) is 5.65. The number of amides is 1. The van der Waals surface area contributed by atoms with Gasteiger partial charge >= 0.3 is 0 Å². The van der Waals surface area contributed by atoms with E-state index in [4.69, 9.17) is 10.5 Å². The largest absolute Gasteiger partial charge is 0.456 e. The molecule has 1 amide bonds. The Labute approximate surface area is 151 Å². The number of unbranched alkanes of at least 4 members (excludes halogenated alkanes) is 2. The maximum atomic E-state index is 11.2. The lowest BCUT2D eigenvalue weighted by Gasteiger charge is -2.10. The Hall–Kier alpha value is -1.85. The fraction of sp³-hybridized carbons (Fsp3) is 0.316. The number of hydrogen-bond donors (Lipinski definition) is 2. The zero-order valence-electron chi connectivity index (χ0n) is 13.8. The van der Waals surface area contributed by atoms with Gasteiger partial charge in [0.15, 0.2) is 0 Å². The van der Waals surface area contributed by atoms with Crippen LogP contribution in [0.3, 0.4) is 0 Å². The minimum absolute atomic E-state index is 0.444. The van der Waals surface area contributed by atoms with Crippen LogP contribution >= 0.6 is 15.9 Å². The summed E-state index contributed by atoms with van der Waals surface area (Å²) in [6, 6.07) is 13.0. The Kier molecular flexibility index (Phi) is 7.28. The summed E-state index contributed by atoms with van der Waals surface area (Å²) in [5.41, 5.74) is 6.89. The molecule has 24 heavy (non-hydrogen) atoms. The van der Waals surface area contributed by atoms with Crippen LogP contribution in [0.4, 0.5) is 0 Å². The van der Waals surface area contributed by atoms with Crippen molar-refractivity contribution >= 4 is 21.8 Å². The zero-order valence-corrected chi connectivity index (χ0v) is 15.4. The van der Waals surface area contributed by atoms with Crippen LogP contribution in [0.1, 0.15) is 42.1 Å². The topological polar surface area (TPSA) is 64.3 Å². The molecule has 5 heteroatoms. The highest BCUT2D eigenvalue weighted by Crippen LogP contribution is 2.30. The second-order valence-corrected chi connectivity index (χ2v) is 6.50. The summed E-state index contributed by atoms with van der Waals surface area (Å²) in [6.45, 7) is 4.05. The Balaban J connectivity index is 1.98. The molecule has 2 aromatic carbocycles. The van der Waals surface area contributed by atoms with E-state index in [1.165, 1.54) is 24.8 Å². The van der Waals surface area contributed by atoms with Crippen molar-refractivity contribution in [3.8, 4) is 11.5 Å². The number of nitrogens with two attached hydrogens (primary N) is 1. The summed E-state index contributed by atoms with van der Waals surface area (Å²) >= 11 is 3.41. The van der Waals surface area contributed by atoms with Crippen molar-refractivity contribution in [1.82, 2.24) is 5.32 Å². The number of ether oxygens (including phenoxy) is 1. The minimum Gasteiger partial charge on any atom is -0.456 e. The van der Waals surface area contributed by atoms with Gasteiger partial charge in [-0.15, -0.1) is 0 Å². The zero-order chi connectivity index (χ0) is 17.4. The molecular weight excluding hydrogens is 368 g/mol. The standard InChI is InChI=1S/C19H23BrN2O2/c1-2-3-4-10-22-13-14-6-5-7-16(11-14)24-18-9-8-15(19(21)23)12-17(18)20/h5-9,11-12,22H,2-4,10,13H2,1H3,(H2,21,23). The molecule has 0 aliphatic carbocycles. The van der Waals surface area contributed by atoms with E-state index >= 15 is 0 Å². The van der Waals surface area contributed by atoms with E-state index in [0.717, 1.165) is 18.8 Å². The minimum atomic E-state index is -0.460. The van der Waals surface area contributed by atoms with Crippen molar-refractivity contribution < 1.29 is 9.53 Å². The van der Waals surface area contributed by atoms with Gasteiger partial charge in [-0.1, -0.05) is 31.9 Å². The van der Waals surface area contributed by atoms with Crippen molar-refractivity contribution in [2.24, 2.45) is 5.73 Å². The van der Waals surface area contributed by atoms with Gasteiger partial charge < -0.3 is 15.8 Å². The molecule has 0 aromatic heterocycles. The molecule has 0 bridgehead atoms. The van der Waals surface area contributed by atoms with Crippen molar-refractivity contribution in [2.45, 2.75) is 32.7 Å². The van der Waals surface area contributed by atoms with Crippen molar-refractivity contribution in [1.29, 1.82) is 0 Å². The number of hydrogen-bond acceptors (Lipinski definition) is 3. The maximum absolute atomic E-state index is 11.2. The van der Waals surface area contributed by atoms with Crippen LogP contribution in [0.25, 0.3) is 0 Å². The Morgan fingerprint density at radius 3 is 2.75 bits per heavy atom. The number of halogens is 1. The predicted octanol–water partition coefficient (Wildman–Crippen LogP) is 4.62. The first-order valence-corrected chi connectivity index (χ1v) is 8.96. The van der Waals surface area contributed by atoms with E-state index in [2.05, 4.69) is 34.2 Å². The first-order valence-electron chi connectivity index (χ1n) is 8.17. The van der Waals surface area contributed by atoms with Gasteiger partial charge in [-0.2, -0.15) is 0 Å². The summed E-state index contributed by atoms with van der Waals surface area (Å²) in [7, 11) is 0. The van der Waals surface area contributed by atoms with Crippen LogP contribution in [0.5, 0.6) is 11.5 Å². The lowest BCUT2D eigenvalue weighted by atomic mass is 10.2. The molecule has 0 aliphatic rings. The van der Waals surface area contributed by atoms with Crippen molar-refractivity contribution in [3.05, 3.63) is 58.1 Å². The smallest absolute Gasteiger partial charge is 0.248 e. The van der Waals surface area contributed by atoms with Gasteiger partial charge in [0.25, 0.3) is 0 Å². The number of primary amides is 1. The first-order chi connectivity index (χ1) is 11.6. The van der Waals surface area contributed by atoms with E-state index < -0.39 is 5.91 Å². The Bertz CT molecular complexity index is 689. The van der Waals surface area contributed by atoms with Gasteiger partial charge in [-0.3, -0.25) is 4.79 Å². The summed E-state index contributed by atoms with van der Waals surface area (Å²) < 4.78 is 6.60. The van der Waals surface area contributed by atoms with E-state index in [1.807, 2.05) is 18.2 Å². The van der Waals surface area contributed by atoms with Gasteiger partial charge in [-0.05, 0) is 64.8 Å². The molecule has 0 aliphatic heterocycles. The predicted molar refractivity (Wildman–Crippen MR) is 100 cm³/mol. The van der Waals surface area contributed by atoms with Crippen molar-refractivity contribution in [3.63, 3.8) is 0 Å². The molecule has 2 rings (SSSR count). The number of nitrogens with one attached hydrogen (secondary N) is 1. The monoisotopic (exact) mass is 390 g/mol. The van der Waals surface area contributed by atoms with Crippen molar-refractivity contribution in [2.75, 3.05) is 6.54 Å². The van der Waals surface area contributed by atoms with E-state index in [1.54, 1.807) is 18.2 Å². The summed E-state index contributed by atoms with van der Waals surface area (Å²) in [6.07, 6.45) is 3.69. The van der Waals surface area contributed by atoms with Gasteiger partial charge in [0.2, 0.25) is 5.91 Å². The summed E-state index contributed by atoms with van der Waals surface area (Å²) in [4.78, 5) is 11.2. The lowest BCUT2D eigenvalue weighted by molar-refractivity contribution is 0.1000. The summed E-state index contributed by atoms with van der Waals surface area (Å²) in [5.74, 6) is 0.946. The lowest BCUT2D eigenvalue weighted by Crippen LogP contribution is -2.14. The molecule has 0 radical (unpaired) electrons. The quantitative estimate of drug-likeness (QED) is 0.613. The third-order valence-electron chi connectivity index (χ3n) is 3.63. The van der Waals surface area contributed by atoms with Gasteiger partial charge in [0, 0.05) is 12.1 Å². The fourth-order valence-corrected chi connectivity index (χ4v) is 2.78. The fourth-order valence-electron chi connectivity index (χ4n) is 2.32. The molecule has 0 spiro atoms. The molecule has 0 saturated heterocycles. The molecule has 3 N–H and O–H groups in total. The Morgan fingerprint density at radius 2 is 2.04 bits per heavy atom. The molecule has 0 fully saturated rings.